The van der Waals surface area contributed by atoms with Gasteiger partial charge in [0.15, 0.2) is 5.78 Å². The quantitative estimate of drug-likeness (QED) is 0.563. The van der Waals surface area contributed by atoms with Crippen LogP contribution in [0.25, 0.3) is 0 Å². The lowest BCUT2D eigenvalue weighted by atomic mass is 10.3. The molecule has 0 aliphatic heterocycles. The second kappa shape index (κ2) is 3.83. The van der Waals surface area contributed by atoms with Crippen molar-refractivity contribution in [1.82, 2.24) is 0 Å². The van der Waals surface area contributed by atoms with Gasteiger partial charge in [0.05, 0.1) is 4.88 Å². The molecule has 0 atom stereocenters. The highest BCUT2D eigenvalue weighted by Gasteiger charge is 2.03. The standard InChI is InChI=1S/C8H7BrOS/c1-2-3-7(10)8-4-6(9)5-11-8/h2-5H,1H3. The van der Waals surface area contributed by atoms with Crippen LogP contribution in [0.1, 0.15) is 16.6 Å². The summed E-state index contributed by atoms with van der Waals surface area (Å²) in [7, 11) is 0. The molecule has 0 saturated heterocycles. The van der Waals surface area contributed by atoms with E-state index >= 15 is 0 Å². The fraction of sp³-hybridized carbons (Fsp3) is 0.125. The molecule has 0 aliphatic carbocycles. The molecule has 0 fully saturated rings. The van der Waals surface area contributed by atoms with Gasteiger partial charge in [0.1, 0.15) is 0 Å². The van der Waals surface area contributed by atoms with Crippen LogP contribution in [0.2, 0.25) is 0 Å². The van der Waals surface area contributed by atoms with Gasteiger partial charge in [-0.15, -0.1) is 11.3 Å². The molecule has 0 amide bonds. The number of hydrogen-bond donors (Lipinski definition) is 0. The lowest BCUT2D eigenvalue weighted by Gasteiger charge is -1.84. The van der Waals surface area contributed by atoms with E-state index < -0.39 is 0 Å². The fourth-order valence-corrected chi connectivity index (χ4v) is 2.02. The van der Waals surface area contributed by atoms with Crippen molar-refractivity contribution in [2.24, 2.45) is 0 Å². The highest BCUT2D eigenvalue weighted by Crippen LogP contribution is 2.20. The van der Waals surface area contributed by atoms with Crippen molar-refractivity contribution >= 4 is 33.0 Å². The molecule has 0 saturated carbocycles. The Balaban J connectivity index is 2.85. The van der Waals surface area contributed by atoms with Crippen molar-refractivity contribution < 1.29 is 4.79 Å². The molecule has 0 aliphatic rings. The van der Waals surface area contributed by atoms with Gasteiger partial charge < -0.3 is 0 Å². The van der Waals surface area contributed by atoms with Gasteiger partial charge >= 0.3 is 0 Å². The molecule has 11 heavy (non-hydrogen) atoms. The second-order valence-electron chi connectivity index (χ2n) is 1.99. The predicted octanol–water partition coefficient (Wildman–Crippen LogP) is 3.27. The average Bonchev–Trinajstić information content (AvgIpc) is 2.36. The first-order chi connectivity index (χ1) is 5.24. The molecule has 0 spiro atoms. The molecule has 0 radical (unpaired) electrons. The molecule has 0 N–H and O–H groups in total. The normalized spacial score (nSPS) is 10.7. The van der Waals surface area contributed by atoms with Gasteiger partial charge in [0, 0.05) is 9.85 Å². The SMILES string of the molecule is CC=CC(=O)c1cc(Br)cs1. The van der Waals surface area contributed by atoms with Crippen LogP contribution in [0.15, 0.2) is 28.1 Å². The Morgan fingerprint density at radius 3 is 2.91 bits per heavy atom. The highest BCUT2D eigenvalue weighted by molar-refractivity contribution is 9.10. The van der Waals surface area contributed by atoms with Gasteiger partial charge in [-0.2, -0.15) is 0 Å². The van der Waals surface area contributed by atoms with Crippen LogP contribution in [-0.4, -0.2) is 5.78 Å². The minimum Gasteiger partial charge on any atom is -0.288 e. The van der Waals surface area contributed by atoms with E-state index in [2.05, 4.69) is 15.9 Å². The molecule has 0 bridgehead atoms. The monoisotopic (exact) mass is 230 g/mol. The summed E-state index contributed by atoms with van der Waals surface area (Å²) in [4.78, 5) is 11.9. The zero-order chi connectivity index (χ0) is 8.27. The van der Waals surface area contributed by atoms with Crippen molar-refractivity contribution in [3.05, 3.63) is 32.9 Å². The Morgan fingerprint density at radius 2 is 2.45 bits per heavy atom. The summed E-state index contributed by atoms with van der Waals surface area (Å²) >= 11 is 4.74. The molecule has 3 heteroatoms. The van der Waals surface area contributed by atoms with E-state index in [1.807, 2.05) is 18.4 Å². The van der Waals surface area contributed by atoms with Gasteiger partial charge in [-0.05, 0) is 35.0 Å². The van der Waals surface area contributed by atoms with E-state index in [4.69, 9.17) is 0 Å². The summed E-state index contributed by atoms with van der Waals surface area (Å²) in [6.45, 7) is 1.83. The maximum Gasteiger partial charge on any atom is 0.195 e. The number of ketones is 1. The highest BCUT2D eigenvalue weighted by atomic mass is 79.9. The first-order valence-electron chi connectivity index (χ1n) is 3.15. The summed E-state index contributed by atoms with van der Waals surface area (Å²) in [5.74, 6) is 0.0724. The van der Waals surface area contributed by atoms with Crippen LogP contribution in [0.5, 0.6) is 0 Å². The third kappa shape index (κ3) is 2.27. The third-order valence-electron chi connectivity index (χ3n) is 1.13. The Labute approximate surface area is 77.9 Å². The lowest BCUT2D eigenvalue weighted by molar-refractivity contribution is 0.105. The smallest absolute Gasteiger partial charge is 0.195 e. The van der Waals surface area contributed by atoms with Gasteiger partial charge in [0.25, 0.3) is 0 Å². The van der Waals surface area contributed by atoms with Gasteiger partial charge in [-0.1, -0.05) is 6.08 Å². The Morgan fingerprint density at radius 1 is 1.73 bits per heavy atom. The van der Waals surface area contributed by atoms with E-state index in [-0.39, 0.29) is 5.78 Å². The largest absolute Gasteiger partial charge is 0.288 e. The average molecular weight is 231 g/mol. The molecular weight excluding hydrogens is 224 g/mol. The maximum atomic E-state index is 11.2. The van der Waals surface area contributed by atoms with Crippen LogP contribution in [0.3, 0.4) is 0 Å². The zero-order valence-corrected chi connectivity index (χ0v) is 8.41. The molecule has 58 valence electrons. The van der Waals surface area contributed by atoms with Crippen molar-refractivity contribution in [2.75, 3.05) is 0 Å². The van der Waals surface area contributed by atoms with Crippen molar-refractivity contribution in [3.8, 4) is 0 Å². The number of carbonyl (C=O) groups excluding carboxylic acids is 1. The number of halogens is 1. The van der Waals surface area contributed by atoms with E-state index in [0.29, 0.717) is 0 Å². The number of allylic oxidation sites excluding steroid dienone is 2. The molecule has 1 rings (SSSR count). The molecule has 0 aromatic carbocycles. The number of hydrogen-bond acceptors (Lipinski definition) is 2. The summed E-state index contributed by atoms with van der Waals surface area (Å²) in [6, 6.07) is 1.83. The summed E-state index contributed by atoms with van der Waals surface area (Å²) < 4.78 is 0.968. The van der Waals surface area contributed by atoms with Gasteiger partial charge in [0.2, 0.25) is 0 Å². The Hall–Kier alpha value is -0.410. The molecule has 0 unspecified atom stereocenters. The minimum absolute atomic E-state index is 0.0724. The summed E-state index contributed by atoms with van der Waals surface area (Å²) in [5, 5.41) is 1.90. The van der Waals surface area contributed by atoms with E-state index in [9.17, 15) is 4.79 Å². The molecule has 1 heterocycles. The van der Waals surface area contributed by atoms with Gasteiger partial charge in [-0.3, -0.25) is 4.79 Å². The summed E-state index contributed by atoms with van der Waals surface area (Å²) in [5.41, 5.74) is 0. The third-order valence-corrected chi connectivity index (χ3v) is 2.83. The number of rotatable bonds is 2. The Kier molecular flexibility index (Phi) is 3.02. The minimum atomic E-state index is 0.0724. The van der Waals surface area contributed by atoms with Crippen LogP contribution in [0.4, 0.5) is 0 Å². The van der Waals surface area contributed by atoms with Crippen LogP contribution in [-0.2, 0) is 0 Å². The second-order valence-corrected chi connectivity index (χ2v) is 3.82. The predicted molar refractivity (Wildman–Crippen MR) is 51.2 cm³/mol. The maximum absolute atomic E-state index is 11.2. The molecule has 1 nitrogen and oxygen atoms in total. The van der Waals surface area contributed by atoms with Crippen LogP contribution < -0.4 is 0 Å². The van der Waals surface area contributed by atoms with Crippen molar-refractivity contribution in [3.63, 3.8) is 0 Å². The van der Waals surface area contributed by atoms with Crippen molar-refractivity contribution in [1.29, 1.82) is 0 Å². The molecular formula is C8H7BrOS. The first-order valence-corrected chi connectivity index (χ1v) is 4.82. The van der Waals surface area contributed by atoms with Crippen LogP contribution in [0, 0.1) is 0 Å². The summed E-state index contributed by atoms with van der Waals surface area (Å²) in [6.07, 6.45) is 3.31. The Bertz CT molecular complexity index is 288. The number of carbonyl (C=O) groups is 1. The van der Waals surface area contributed by atoms with Crippen LogP contribution >= 0.6 is 27.3 Å². The molecule has 1 aromatic heterocycles. The lowest BCUT2D eigenvalue weighted by Crippen LogP contribution is -1.87. The van der Waals surface area contributed by atoms with E-state index in [1.54, 1.807) is 12.2 Å². The van der Waals surface area contributed by atoms with Crippen molar-refractivity contribution in [2.45, 2.75) is 6.92 Å². The molecule has 1 aromatic rings. The fourth-order valence-electron chi connectivity index (χ4n) is 0.676. The van der Waals surface area contributed by atoms with E-state index in [0.717, 1.165) is 9.35 Å². The zero-order valence-electron chi connectivity index (χ0n) is 6.00. The van der Waals surface area contributed by atoms with Gasteiger partial charge in [-0.25, -0.2) is 0 Å². The first kappa shape index (κ1) is 8.68. The van der Waals surface area contributed by atoms with E-state index in [1.165, 1.54) is 11.3 Å². The topological polar surface area (TPSA) is 17.1 Å². The number of thiophene rings is 1.